The summed E-state index contributed by atoms with van der Waals surface area (Å²) < 4.78 is 12.1. The fourth-order valence-corrected chi connectivity index (χ4v) is 5.04. The molecule has 1 fully saturated rings. The minimum Gasteiger partial charge on any atom is -0.449 e. The van der Waals surface area contributed by atoms with E-state index in [0.29, 0.717) is 43.6 Å². The van der Waals surface area contributed by atoms with Crippen LogP contribution in [0.2, 0.25) is 0 Å². The number of carbonyl (C=O) groups is 1. The zero-order valence-electron chi connectivity index (χ0n) is 18.2. The van der Waals surface area contributed by atoms with Crippen LogP contribution < -0.4 is 5.32 Å². The maximum atomic E-state index is 12.1. The number of carbonyl (C=O) groups excluding carboxylic acids is 1. The van der Waals surface area contributed by atoms with Crippen molar-refractivity contribution in [3.8, 4) is 0 Å². The van der Waals surface area contributed by atoms with Crippen molar-refractivity contribution >= 4 is 6.09 Å². The number of nitrogens with one attached hydrogen (secondary N) is 1. The molecule has 156 valence electrons. The molecule has 1 amide bonds. The lowest BCUT2D eigenvalue weighted by atomic mass is 9.56. The van der Waals surface area contributed by atoms with E-state index in [9.17, 15) is 4.79 Å². The fourth-order valence-electron chi connectivity index (χ4n) is 5.04. The van der Waals surface area contributed by atoms with Crippen molar-refractivity contribution in [1.29, 1.82) is 0 Å². The van der Waals surface area contributed by atoms with Gasteiger partial charge in [-0.05, 0) is 31.6 Å². The molecule has 2 aliphatic rings. The van der Waals surface area contributed by atoms with Crippen molar-refractivity contribution in [1.82, 2.24) is 5.32 Å². The molecule has 1 aliphatic heterocycles. The summed E-state index contributed by atoms with van der Waals surface area (Å²) in [5, 5.41) is 2.86. The molecule has 4 heteroatoms. The number of unbranched alkanes of at least 4 members (excludes halogenated alkanes) is 4. The average molecular weight is 380 g/mol. The van der Waals surface area contributed by atoms with Crippen LogP contribution in [0.15, 0.2) is 11.6 Å². The lowest BCUT2D eigenvalue weighted by molar-refractivity contribution is -0.165. The van der Waals surface area contributed by atoms with E-state index in [0.717, 1.165) is 19.3 Å². The molecular weight excluding hydrogens is 338 g/mol. The minimum absolute atomic E-state index is 0.105. The number of allylic oxidation sites excluding steroid dienone is 1. The van der Waals surface area contributed by atoms with Crippen molar-refractivity contribution in [2.75, 3.05) is 19.8 Å². The number of hydrogen-bond acceptors (Lipinski definition) is 3. The summed E-state index contributed by atoms with van der Waals surface area (Å²) in [6.07, 6.45) is 10.7. The summed E-state index contributed by atoms with van der Waals surface area (Å²) in [6.45, 7) is 13.0. The van der Waals surface area contributed by atoms with Crippen LogP contribution in [-0.2, 0) is 9.47 Å². The summed E-state index contributed by atoms with van der Waals surface area (Å²) in [4.78, 5) is 12.1. The van der Waals surface area contributed by atoms with Gasteiger partial charge in [-0.2, -0.15) is 0 Å². The Kier molecular flexibility index (Phi) is 8.65. The Morgan fingerprint density at radius 1 is 1.22 bits per heavy atom. The van der Waals surface area contributed by atoms with Crippen LogP contribution in [-0.4, -0.2) is 32.0 Å². The SMILES string of the molecule is CCCCCC[C@@H]1OC[C@@]2(COC(=O)NCCCC)[C@H](C)C=C(C)[C@@H]1[C@H]2C. The molecule has 2 bridgehead atoms. The predicted molar refractivity (Wildman–Crippen MR) is 111 cm³/mol. The van der Waals surface area contributed by atoms with Crippen molar-refractivity contribution in [3.05, 3.63) is 11.6 Å². The van der Waals surface area contributed by atoms with Crippen molar-refractivity contribution in [2.45, 2.75) is 85.7 Å². The Hall–Kier alpha value is -1.03. The Labute approximate surface area is 166 Å². The standard InChI is InChI=1S/C23H41NO3/c1-6-8-10-11-12-20-21-17(3)14-18(4)23(15-26-20,19(21)5)16-27-22(25)24-13-9-7-2/h14,18-21H,6-13,15-16H2,1-5H3,(H,24,25)/t18-,19-,20+,21-,23-/m1/s1. The van der Waals surface area contributed by atoms with E-state index in [2.05, 4.69) is 46.0 Å². The highest BCUT2D eigenvalue weighted by molar-refractivity contribution is 5.67. The molecule has 27 heavy (non-hydrogen) atoms. The Balaban J connectivity index is 2.00. The Bertz CT molecular complexity index is 504. The van der Waals surface area contributed by atoms with Crippen LogP contribution in [0.1, 0.15) is 79.6 Å². The van der Waals surface area contributed by atoms with Gasteiger partial charge in [0.1, 0.15) is 6.61 Å². The van der Waals surface area contributed by atoms with Crippen LogP contribution >= 0.6 is 0 Å². The zero-order chi connectivity index (χ0) is 19.9. The van der Waals surface area contributed by atoms with E-state index in [1.54, 1.807) is 0 Å². The van der Waals surface area contributed by atoms with Crippen LogP contribution in [0.4, 0.5) is 4.79 Å². The third-order valence-electron chi connectivity index (χ3n) is 6.97. The maximum Gasteiger partial charge on any atom is 0.407 e. The largest absolute Gasteiger partial charge is 0.449 e. The first-order chi connectivity index (χ1) is 13.0. The number of alkyl carbamates (subject to hydrolysis) is 1. The molecule has 0 aromatic carbocycles. The first kappa shape index (κ1) is 22.3. The highest BCUT2D eigenvalue weighted by Crippen LogP contribution is 2.53. The van der Waals surface area contributed by atoms with Gasteiger partial charge in [-0.1, -0.05) is 71.4 Å². The highest BCUT2D eigenvalue weighted by atomic mass is 16.6. The second-order valence-corrected chi connectivity index (χ2v) is 8.80. The van der Waals surface area contributed by atoms with Gasteiger partial charge in [0.2, 0.25) is 0 Å². The molecule has 4 nitrogen and oxygen atoms in total. The molecule has 0 unspecified atom stereocenters. The van der Waals surface area contributed by atoms with Gasteiger partial charge >= 0.3 is 6.09 Å². The highest BCUT2D eigenvalue weighted by Gasteiger charge is 2.53. The van der Waals surface area contributed by atoms with E-state index in [1.807, 2.05) is 0 Å². The molecule has 1 N–H and O–H groups in total. The van der Waals surface area contributed by atoms with Crippen LogP contribution in [0, 0.1) is 23.2 Å². The quantitative estimate of drug-likeness (QED) is 0.390. The summed E-state index contributed by atoms with van der Waals surface area (Å²) in [7, 11) is 0. The van der Waals surface area contributed by atoms with Gasteiger partial charge in [0.15, 0.2) is 0 Å². The van der Waals surface area contributed by atoms with Gasteiger partial charge in [-0.15, -0.1) is 0 Å². The van der Waals surface area contributed by atoms with Gasteiger partial charge in [-0.25, -0.2) is 4.79 Å². The van der Waals surface area contributed by atoms with Crippen molar-refractivity contribution in [2.24, 2.45) is 23.2 Å². The molecule has 0 aromatic heterocycles. The summed E-state index contributed by atoms with van der Waals surface area (Å²) in [5.74, 6) is 1.27. The topological polar surface area (TPSA) is 47.6 Å². The van der Waals surface area contributed by atoms with E-state index in [4.69, 9.17) is 9.47 Å². The zero-order valence-corrected chi connectivity index (χ0v) is 18.2. The van der Waals surface area contributed by atoms with E-state index in [-0.39, 0.29) is 11.5 Å². The lowest BCUT2D eigenvalue weighted by Crippen LogP contribution is -2.57. The Morgan fingerprint density at radius 2 is 1.96 bits per heavy atom. The normalized spacial score (nSPS) is 32.7. The monoisotopic (exact) mass is 379 g/mol. The van der Waals surface area contributed by atoms with Crippen LogP contribution in [0.3, 0.4) is 0 Å². The lowest BCUT2D eigenvalue weighted by Gasteiger charge is -2.55. The third kappa shape index (κ3) is 5.28. The summed E-state index contributed by atoms with van der Waals surface area (Å²) in [6, 6.07) is 0. The number of amides is 1. The van der Waals surface area contributed by atoms with Crippen molar-refractivity contribution < 1.29 is 14.3 Å². The first-order valence-electron chi connectivity index (χ1n) is 11.2. The second kappa shape index (κ2) is 10.5. The van der Waals surface area contributed by atoms with Crippen LogP contribution in [0.25, 0.3) is 0 Å². The predicted octanol–water partition coefficient (Wildman–Crippen LogP) is 5.72. The molecule has 0 saturated carbocycles. The molecule has 0 radical (unpaired) electrons. The summed E-state index contributed by atoms with van der Waals surface area (Å²) in [5.41, 5.74) is 1.35. The van der Waals surface area contributed by atoms with Gasteiger partial charge < -0.3 is 14.8 Å². The van der Waals surface area contributed by atoms with Crippen LogP contribution in [0.5, 0.6) is 0 Å². The maximum absolute atomic E-state index is 12.1. The fraction of sp³-hybridized carbons (Fsp3) is 0.870. The summed E-state index contributed by atoms with van der Waals surface area (Å²) >= 11 is 0. The molecule has 5 atom stereocenters. The first-order valence-corrected chi connectivity index (χ1v) is 11.2. The van der Waals surface area contributed by atoms with Gasteiger partial charge in [0.25, 0.3) is 0 Å². The number of hydrogen-bond donors (Lipinski definition) is 1. The third-order valence-corrected chi connectivity index (χ3v) is 6.97. The second-order valence-electron chi connectivity index (χ2n) is 8.80. The average Bonchev–Trinajstić information content (AvgIpc) is 2.63. The Morgan fingerprint density at radius 3 is 2.67 bits per heavy atom. The number of rotatable bonds is 10. The van der Waals surface area contributed by atoms with E-state index < -0.39 is 0 Å². The van der Waals surface area contributed by atoms with E-state index >= 15 is 0 Å². The molecule has 0 spiro atoms. The van der Waals surface area contributed by atoms with Gasteiger partial charge in [-0.3, -0.25) is 0 Å². The molecule has 2 rings (SSSR count). The molecule has 0 aromatic rings. The van der Waals surface area contributed by atoms with E-state index in [1.165, 1.54) is 31.3 Å². The van der Waals surface area contributed by atoms with Crippen molar-refractivity contribution in [3.63, 3.8) is 0 Å². The van der Waals surface area contributed by atoms with Gasteiger partial charge in [0, 0.05) is 17.9 Å². The number of ether oxygens (including phenoxy) is 2. The molecule has 1 aliphatic carbocycles. The molecule has 1 heterocycles. The molecule has 1 saturated heterocycles. The minimum atomic E-state index is -0.290. The number of fused-ring (bicyclic) bond motifs is 2. The molecular formula is C23H41NO3. The van der Waals surface area contributed by atoms with Gasteiger partial charge in [0.05, 0.1) is 12.7 Å². The smallest absolute Gasteiger partial charge is 0.407 e.